The molecule has 0 saturated carbocycles. The molecule has 1 amide bonds. The van der Waals surface area contributed by atoms with Crippen molar-refractivity contribution < 1.29 is 9.18 Å². The quantitative estimate of drug-likeness (QED) is 0.602. The van der Waals surface area contributed by atoms with Crippen molar-refractivity contribution in [2.24, 2.45) is 0 Å². The first-order valence-electron chi connectivity index (χ1n) is 11.2. The number of carbonyl (C=O) groups is 1. The summed E-state index contributed by atoms with van der Waals surface area (Å²) in [5.41, 5.74) is 4.98. The molecule has 1 aromatic heterocycles. The summed E-state index contributed by atoms with van der Waals surface area (Å²) in [7, 11) is 0. The lowest BCUT2D eigenvalue weighted by Crippen LogP contribution is -2.49. The van der Waals surface area contributed by atoms with E-state index in [-0.39, 0.29) is 11.7 Å². The first-order valence-corrected chi connectivity index (χ1v) is 11.2. The zero-order chi connectivity index (χ0) is 22.7. The van der Waals surface area contributed by atoms with Crippen LogP contribution >= 0.6 is 0 Å². The van der Waals surface area contributed by atoms with Crippen LogP contribution in [0, 0.1) is 19.7 Å². The van der Waals surface area contributed by atoms with E-state index in [1.54, 1.807) is 12.1 Å². The van der Waals surface area contributed by atoms with Gasteiger partial charge in [0, 0.05) is 49.4 Å². The maximum Gasteiger partial charge on any atom is 0.253 e. The number of amides is 1. The van der Waals surface area contributed by atoms with Crippen molar-refractivity contribution in [1.29, 1.82) is 0 Å². The van der Waals surface area contributed by atoms with E-state index in [1.165, 1.54) is 17.7 Å². The van der Waals surface area contributed by atoms with E-state index in [4.69, 9.17) is 4.98 Å². The molecule has 0 aliphatic carbocycles. The highest BCUT2D eigenvalue weighted by Gasteiger charge is 2.25. The SMILES string of the molecule is CCc1ccc(C(=O)N2CCN(c3nc(C)nc(C)c3Cc3ccc(F)cc3)CC2)cc1. The van der Waals surface area contributed by atoms with Gasteiger partial charge in [-0.15, -0.1) is 0 Å². The molecule has 2 aromatic carbocycles. The lowest BCUT2D eigenvalue weighted by molar-refractivity contribution is 0.0746. The van der Waals surface area contributed by atoms with Crippen LogP contribution in [0.1, 0.15) is 45.5 Å². The molecule has 6 heteroatoms. The summed E-state index contributed by atoms with van der Waals surface area (Å²) in [6.45, 7) is 8.72. The monoisotopic (exact) mass is 432 g/mol. The fourth-order valence-electron chi connectivity index (χ4n) is 4.18. The third-order valence-corrected chi connectivity index (χ3v) is 6.07. The van der Waals surface area contributed by atoms with Crippen molar-refractivity contribution in [1.82, 2.24) is 14.9 Å². The molecule has 2 heterocycles. The standard InChI is InChI=1S/C26H29FN4O/c1-4-20-5-9-22(10-6-20)26(32)31-15-13-30(14-16-31)25-24(18(2)28-19(3)29-25)17-21-7-11-23(27)12-8-21/h5-12H,4,13-17H2,1-3H3. The molecule has 0 atom stereocenters. The van der Waals surface area contributed by atoms with Gasteiger partial charge in [0.1, 0.15) is 17.5 Å². The van der Waals surface area contributed by atoms with Crippen LogP contribution in [0.5, 0.6) is 0 Å². The Bertz CT molecular complexity index is 1090. The van der Waals surface area contributed by atoms with Gasteiger partial charge < -0.3 is 9.80 Å². The molecule has 1 aliphatic rings. The van der Waals surface area contributed by atoms with Gasteiger partial charge in [-0.2, -0.15) is 0 Å². The zero-order valence-corrected chi connectivity index (χ0v) is 18.9. The maximum atomic E-state index is 13.3. The van der Waals surface area contributed by atoms with Gasteiger partial charge in [0.15, 0.2) is 0 Å². The summed E-state index contributed by atoms with van der Waals surface area (Å²) in [6.07, 6.45) is 1.61. The van der Waals surface area contributed by atoms with Gasteiger partial charge in [-0.05, 0) is 55.7 Å². The Morgan fingerprint density at radius 1 is 0.906 bits per heavy atom. The van der Waals surface area contributed by atoms with Gasteiger partial charge in [-0.25, -0.2) is 14.4 Å². The number of piperazine rings is 1. The van der Waals surface area contributed by atoms with E-state index in [0.29, 0.717) is 32.6 Å². The third-order valence-electron chi connectivity index (χ3n) is 6.07. The molecule has 4 rings (SSSR count). The predicted octanol–water partition coefficient (Wildman–Crippen LogP) is 4.35. The topological polar surface area (TPSA) is 49.3 Å². The van der Waals surface area contributed by atoms with Crippen LogP contribution in [0.2, 0.25) is 0 Å². The number of hydrogen-bond acceptors (Lipinski definition) is 4. The summed E-state index contributed by atoms with van der Waals surface area (Å²) in [5.74, 6) is 1.48. The maximum absolute atomic E-state index is 13.3. The molecule has 3 aromatic rings. The van der Waals surface area contributed by atoms with Crippen LogP contribution in [0.3, 0.4) is 0 Å². The van der Waals surface area contributed by atoms with Crippen LogP contribution in [-0.2, 0) is 12.8 Å². The number of aryl methyl sites for hydroxylation is 3. The molecular weight excluding hydrogens is 403 g/mol. The van der Waals surface area contributed by atoms with Gasteiger partial charge in [0.25, 0.3) is 5.91 Å². The van der Waals surface area contributed by atoms with Crippen LogP contribution in [0.15, 0.2) is 48.5 Å². The molecule has 5 nitrogen and oxygen atoms in total. The molecule has 32 heavy (non-hydrogen) atoms. The molecule has 166 valence electrons. The van der Waals surface area contributed by atoms with Gasteiger partial charge in [-0.1, -0.05) is 31.2 Å². The highest BCUT2D eigenvalue weighted by Crippen LogP contribution is 2.25. The highest BCUT2D eigenvalue weighted by atomic mass is 19.1. The lowest BCUT2D eigenvalue weighted by Gasteiger charge is -2.36. The first kappa shape index (κ1) is 21.9. The van der Waals surface area contributed by atoms with Gasteiger partial charge >= 0.3 is 0 Å². The average Bonchev–Trinajstić information content (AvgIpc) is 2.81. The number of anilines is 1. The summed E-state index contributed by atoms with van der Waals surface area (Å²) in [4.78, 5) is 26.4. The van der Waals surface area contributed by atoms with Gasteiger partial charge in [-0.3, -0.25) is 4.79 Å². The van der Waals surface area contributed by atoms with Crippen LogP contribution < -0.4 is 4.90 Å². The highest BCUT2D eigenvalue weighted by molar-refractivity contribution is 5.94. The molecule has 1 saturated heterocycles. The largest absolute Gasteiger partial charge is 0.353 e. The molecule has 0 spiro atoms. The first-order chi connectivity index (χ1) is 15.4. The molecule has 1 fully saturated rings. The number of nitrogens with zero attached hydrogens (tertiary/aromatic N) is 4. The minimum Gasteiger partial charge on any atom is -0.353 e. The summed E-state index contributed by atoms with van der Waals surface area (Å²) < 4.78 is 13.3. The number of carbonyl (C=O) groups excluding carboxylic acids is 1. The number of halogens is 1. The Balaban J connectivity index is 1.50. The van der Waals surface area contributed by atoms with Gasteiger partial charge in [0.2, 0.25) is 0 Å². The number of benzene rings is 2. The molecule has 0 bridgehead atoms. The number of hydrogen-bond donors (Lipinski definition) is 0. The van der Waals surface area contributed by atoms with Crippen molar-refractivity contribution >= 4 is 11.7 Å². The average molecular weight is 433 g/mol. The van der Waals surface area contributed by atoms with E-state index in [0.717, 1.165) is 40.4 Å². The minimum atomic E-state index is -0.240. The normalized spacial score (nSPS) is 14.0. The summed E-state index contributed by atoms with van der Waals surface area (Å²) >= 11 is 0. The Morgan fingerprint density at radius 2 is 1.53 bits per heavy atom. The fourth-order valence-corrected chi connectivity index (χ4v) is 4.18. The van der Waals surface area contributed by atoms with E-state index in [9.17, 15) is 9.18 Å². The summed E-state index contributed by atoms with van der Waals surface area (Å²) in [5, 5.41) is 0. The second kappa shape index (κ2) is 9.47. The second-order valence-corrected chi connectivity index (χ2v) is 8.29. The number of aromatic nitrogens is 2. The molecule has 0 N–H and O–H groups in total. The Hall–Kier alpha value is -3.28. The molecule has 0 radical (unpaired) electrons. The Kier molecular flexibility index (Phi) is 6.49. The molecule has 1 aliphatic heterocycles. The van der Waals surface area contributed by atoms with Crippen molar-refractivity contribution in [3.63, 3.8) is 0 Å². The molecular formula is C26H29FN4O. The fraction of sp³-hybridized carbons (Fsp3) is 0.346. The van der Waals surface area contributed by atoms with Crippen molar-refractivity contribution in [3.8, 4) is 0 Å². The Morgan fingerprint density at radius 3 is 2.16 bits per heavy atom. The zero-order valence-electron chi connectivity index (χ0n) is 18.9. The van der Waals surface area contributed by atoms with Crippen molar-refractivity contribution in [2.45, 2.75) is 33.6 Å². The smallest absolute Gasteiger partial charge is 0.253 e. The van der Waals surface area contributed by atoms with Crippen LogP contribution in [0.4, 0.5) is 10.2 Å². The predicted molar refractivity (Wildman–Crippen MR) is 125 cm³/mol. The lowest BCUT2D eigenvalue weighted by atomic mass is 10.0. The molecule has 0 unspecified atom stereocenters. The van der Waals surface area contributed by atoms with Crippen LogP contribution in [-0.4, -0.2) is 47.0 Å². The minimum absolute atomic E-state index is 0.0777. The number of rotatable bonds is 5. The third kappa shape index (κ3) is 4.79. The van der Waals surface area contributed by atoms with E-state index >= 15 is 0 Å². The van der Waals surface area contributed by atoms with Gasteiger partial charge in [0.05, 0.1) is 0 Å². The van der Waals surface area contributed by atoms with E-state index in [2.05, 4.69) is 16.8 Å². The second-order valence-electron chi connectivity index (χ2n) is 8.29. The van der Waals surface area contributed by atoms with Crippen molar-refractivity contribution in [2.75, 3.05) is 31.1 Å². The Labute approximate surface area is 188 Å². The van der Waals surface area contributed by atoms with Crippen LogP contribution in [0.25, 0.3) is 0 Å². The van der Waals surface area contributed by atoms with E-state index in [1.807, 2.05) is 43.0 Å². The summed E-state index contributed by atoms with van der Waals surface area (Å²) in [6, 6.07) is 14.5. The van der Waals surface area contributed by atoms with E-state index < -0.39 is 0 Å². The van der Waals surface area contributed by atoms with Crippen molar-refractivity contribution in [3.05, 3.63) is 88.1 Å².